The fraction of sp³-hybridized carbons (Fsp3) is 0.222. The van der Waals surface area contributed by atoms with Gasteiger partial charge in [0.15, 0.2) is 5.78 Å². The minimum atomic E-state index is -3.87. The molecule has 2 aromatic carbocycles. The number of hydrogen-bond donors (Lipinski definition) is 0. The summed E-state index contributed by atoms with van der Waals surface area (Å²) in [4.78, 5) is 11.6. The van der Waals surface area contributed by atoms with Gasteiger partial charge < -0.3 is 0 Å². The van der Waals surface area contributed by atoms with E-state index in [0.717, 1.165) is 5.56 Å². The zero-order valence-corrected chi connectivity index (χ0v) is 14.4. The monoisotopic (exact) mass is 342 g/mol. The minimum absolute atomic E-state index is 0.0358. The van der Waals surface area contributed by atoms with E-state index in [0.29, 0.717) is 11.3 Å². The highest BCUT2D eigenvalue weighted by molar-refractivity contribution is 7.92. The maximum absolute atomic E-state index is 13.0. The molecule has 0 aromatic heterocycles. The first-order valence-corrected chi connectivity index (χ1v) is 8.87. The molecule has 24 heavy (non-hydrogen) atoms. The molecule has 0 amide bonds. The number of hydrogen-bond acceptors (Lipinski definition) is 4. The van der Waals surface area contributed by atoms with Crippen molar-refractivity contribution in [3.05, 3.63) is 59.7 Å². The summed E-state index contributed by atoms with van der Waals surface area (Å²) < 4.78 is 27.2. The van der Waals surface area contributed by atoms with E-state index in [4.69, 9.17) is 5.26 Å². The summed E-state index contributed by atoms with van der Waals surface area (Å²) in [6.07, 6.45) is 0.0690. The molecule has 0 saturated carbocycles. The molecule has 0 aliphatic rings. The molecule has 0 unspecified atom stereocenters. The van der Waals surface area contributed by atoms with Crippen LogP contribution in [-0.4, -0.2) is 20.7 Å². The second-order valence-electron chi connectivity index (χ2n) is 5.40. The molecule has 0 saturated heterocycles. The van der Waals surface area contributed by atoms with Crippen molar-refractivity contribution >= 4 is 21.5 Å². The van der Waals surface area contributed by atoms with Crippen LogP contribution in [0.1, 0.15) is 29.3 Å². The third-order valence-corrected chi connectivity index (χ3v) is 5.40. The van der Waals surface area contributed by atoms with Gasteiger partial charge in [-0.25, -0.2) is 8.42 Å². The third-order valence-electron chi connectivity index (χ3n) is 3.58. The number of aryl methyl sites for hydroxylation is 1. The van der Waals surface area contributed by atoms with Gasteiger partial charge in [-0.1, -0.05) is 29.8 Å². The number of nitriles is 1. The Balaban J connectivity index is 2.51. The number of carbonyl (C=O) groups excluding carboxylic acids is 1. The molecule has 0 fully saturated rings. The van der Waals surface area contributed by atoms with E-state index in [1.807, 2.05) is 25.1 Å². The fourth-order valence-electron chi connectivity index (χ4n) is 2.25. The number of benzene rings is 2. The second-order valence-corrected chi connectivity index (χ2v) is 7.27. The molecule has 0 atom stereocenters. The number of rotatable bonds is 6. The summed E-state index contributed by atoms with van der Waals surface area (Å²) in [6.45, 7) is 3.35. The minimum Gasteiger partial charge on any atom is -0.295 e. The van der Waals surface area contributed by atoms with Gasteiger partial charge in [0.2, 0.25) is 0 Å². The Hall–Kier alpha value is -2.65. The summed E-state index contributed by atoms with van der Waals surface area (Å²) in [5.41, 5.74) is 1.83. The molecule has 2 rings (SSSR count). The molecule has 6 heteroatoms. The molecule has 0 aliphatic carbocycles. The van der Waals surface area contributed by atoms with Crippen LogP contribution in [0.5, 0.6) is 0 Å². The van der Waals surface area contributed by atoms with Crippen molar-refractivity contribution in [1.82, 2.24) is 0 Å². The van der Waals surface area contributed by atoms with Crippen molar-refractivity contribution in [3.8, 4) is 6.07 Å². The van der Waals surface area contributed by atoms with E-state index in [-0.39, 0.29) is 23.6 Å². The van der Waals surface area contributed by atoms with Gasteiger partial charge in [0.25, 0.3) is 10.0 Å². The quantitative estimate of drug-likeness (QED) is 0.755. The highest BCUT2D eigenvalue weighted by Gasteiger charge is 2.25. The topological polar surface area (TPSA) is 78.2 Å². The number of Topliss-reactive ketones (excluding diaryl/α,β-unsaturated/α-hetero) is 1. The number of nitrogens with zero attached hydrogens (tertiary/aromatic N) is 2. The summed E-state index contributed by atoms with van der Waals surface area (Å²) in [6, 6.07) is 15.0. The van der Waals surface area contributed by atoms with Crippen LogP contribution in [0.3, 0.4) is 0 Å². The van der Waals surface area contributed by atoms with Crippen LogP contribution < -0.4 is 4.31 Å². The first kappa shape index (κ1) is 17.7. The third kappa shape index (κ3) is 3.81. The highest BCUT2D eigenvalue weighted by Crippen LogP contribution is 2.25. The van der Waals surface area contributed by atoms with Crippen LogP contribution in [0.4, 0.5) is 5.69 Å². The smallest absolute Gasteiger partial charge is 0.264 e. The average Bonchev–Trinajstić information content (AvgIpc) is 2.56. The van der Waals surface area contributed by atoms with Gasteiger partial charge in [0.05, 0.1) is 23.1 Å². The van der Waals surface area contributed by atoms with Gasteiger partial charge in [0.1, 0.15) is 0 Å². The predicted octanol–water partition coefficient (Wildman–Crippen LogP) is 3.31. The molecule has 0 spiro atoms. The van der Waals surface area contributed by atoms with Crippen molar-refractivity contribution in [2.24, 2.45) is 0 Å². The zero-order chi connectivity index (χ0) is 17.7. The predicted molar refractivity (Wildman–Crippen MR) is 92.4 cm³/mol. The Morgan fingerprint density at radius 1 is 1.17 bits per heavy atom. The maximum atomic E-state index is 13.0. The molecule has 2 aromatic rings. The molecular weight excluding hydrogens is 324 g/mol. The van der Waals surface area contributed by atoms with E-state index < -0.39 is 10.0 Å². The van der Waals surface area contributed by atoms with E-state index in [1.54, 1.807) is 24.3 Å². The molecule has 0 bridgehead atoms. The maximum Gasteiger partial charge on any atom is 0.264 e. The molecule has 124 valence electrons. The number of carbonyl (C=O) groups is 1. The Bertz CT molecular complexity index is 881. The SMILES string of the molecule is CC(=O)c1cccc(S(=O)(=O)N(CCC#N)c2ccc(C)cc2)c1. The Morgan fingerprint density at radius 3 is 2.42 bits per heavy atom. The number of ketones is 1. The number of sulfonamides is 1. The molecule has 0 N–H and O–H groups in total. The van der Waals surface area contributed by atoms with E-state index in [9.17, 15) is 13.2 Å². The van der Waals surface area contributed by atoms with E-state index in [1.165, 1.54) is 23.4 Å². The molecule has 5 nitrogen and oxygen atoms in total. The summed E-state index contributed by atoms with van der Waals surface area (Å²) in [5.74, 6) is -0.203. The van der Waals surface area contributed by atoms with Crippen LogP contribution in [0.25, 0.3) is 0 Å². The van der Waals surface area contributed by atoms with Crippen molar-refractivity contribution in [3.63, 3.8) is 0 Å². The lowest BCUT2D eigenvalue weighted by atomic mass is 10.2. The lowest BCUT2D eigenvalue weighted by Crippen LogP contribution is -2.32. The lowest BCUT2D eigenvalue weighted by Gasteiger charge is -2.24. The fourth-order valence-corrected chi connectivity index (χ4v) is 3.77. The van der Waals surface area contributed by atoms with Gasteiger partial charge in [0, 0.05) is 12.1 Å². The second kappa shape index (κ2) is 7.28. The van der Waals surface area contributed by atoms with E-state index in [2.05, 4.69) is 0 Å². The van der Waals surface area contributed by atoms with Gasteiger partial charge in [-0.3, -0.25) is 9.10 Å². The standard InChI is InChI=1S/C18H18N2O3S/c1-14-7-9-17(10-8-14)20(12-4-11-19)24(22,23)18-6-3-5-16(13-18)15(2)21/h3,5-10,13H,4,12H2,1-2H3. The first-order valence-electron chi connectivity index (χ1n) is 7.43. The average molecular weight is 342 g/mol. The van der Waals surface area contributed by atoms with Gasteiger partial charge in [-0.05, 0) is 38.1 Å². The molecule has 0 heterocycles. The number of anilines is 1. The Labute approximate surface area is 142 Å². The lowest BCUT2D eigenvalue weighted by molar-refractivity contribution is 0.101. The van der Waals surface area contributed by atoms with Gasteiger partial charge in [-0.15, -0.1) is 0 Å². The first-order chi connectivity index (χ1) is 11.4. The zero-order valence-electron chi connectivity index (χ0n) is 13.6. The summed E-state index contributed by atoms with van der Waals surface area (Å²) in [7, 11) is -3.87. The Kier molecular flexibility index (Phi) is 5.37. The van der Waals surface area contributed by atoms with E-state index >= 15 is 0 Å². The van der Waals surface area contributed by atoms with Crippen LogP contribution in [0.15, 0.2) is 53.4 Å². The van der Waals surface area contributed by atoms with Gasteiger partial charge in [-0.2, -0.15) is 5.26 Å². The van der Waals surface area contributed by atoms with Crippen LogP contribution in [0, 0.1) is 18.3 Å². The summed E-state index contributed by atoms with van der Waals surface area (Å²) in [5, 5.41) is 8.84. The normalized spacial score (nSPS) is 10.9. The Morgan fingerprint density at radius 2 is 1.83 bits per heavy atom. The van der Waals surface area contributed by atoms with Crippen molar-refractivity contribution in [2.75, 3.05) is 10.8 Å². The van der Waals surface area contributed by atoms with Crippen molar-refractivity contribution in [2.45, 2.75) is 25.2 Å². The molecular formula is C18H18N2O3S. The van der Waals surface area contributed by atoms with Crippen molar-refractivity contribution < 1.29 is 13.2 Å². The molecule has 0 radical (unpaired) electrons. The highest BCUT2D eigenvalue weighted by atomic mass is 32.2. The molecule has 0 aliphatic heterocycles. The van der Waals surface area contributed by atoms with Gasteiger partial charge >= 0.3 is 0 Å². The van der Waals surface area contributed by atoms with Crippen LogP contribution in [0.2, 0.25) is 0 Å². The van der Waals surface area contributed by atoms with Crippen LogP contribution >= 0.6 is 0 Å². The largest absolute Gasteiger partial charge is 0.295 e. The summed E-state index contributed by atoms with van der Waals surface area (Å²) >= 11 is 0. The van der Waals surface area contributed by atoms with Crippen molar-refractivity contribution in [1.29, 1.82) is 5.26 Å². The van der Waals surface area contributed by atoms with Crippen LogP contribution in [-0.2, 0) is 10.0 Å².